The van der Waals surface area contributed by atoms with Gasteiger partial charge in [-0.05, 0) is 32.0 Å². The molecule has 128 valence electrons. The summed E-state index contributed by atoms with van der Waals surface area (Å²) in [5.74, 6) is -0.124. The molecule has 1 aromatic carbocycles. The molecule has 0 saturated carbocycles. The summed E-state index contributed by atoms with van der Waals surface area (Å²) in [4.78, 5) is 32.2. The van der Waals surface area contributed by atoms with Gasteiger partial charge in [0.2, 0.25) is 11.8 Å². The third-order valence-electron chi connectivity index (χ3n) is 4.05. The van der Waals surface area contributed by atoms with Gasteiger partial charge in [0.1, 0.15) is 5.01 Å². The summed E-state index contributed by atoms with van der Waals surface area (Å²) in [5, 5.41) is 3.70. The van der Waals surface area contributed by atoms with Crippen molar-refractivity contribution in [2.45, 2.75) is 19.4 Å². The van der Waals surface area contributed by atoms with Crippen LogP contribution < -0.4 is 5.32 Å². The highest BCUT2D eigenvalue weighted by molar-refractivity contribution is 7.18. The topological polar surface area (TPSA) is 65.5 Å². The Labute approximate surface area is 145 Å². The normalized spacial score (nSPS) is 14.5. The van der Waals surface area contributed by atoms with Gasteiger partial charge in [0.05, 0.1) is 29.9 Å². The van der Waals surface area contributed by atoms with E-state index >= 15 is 0 Å². The van der Waals surface area contributed by atoms with Gasteiger partial charge < -0.3 is 10.2 Å². The van der Waals surface area contributed by atoms with Crippen molar-refractivity contribution in [1.82, 2.24) is 20.1 Å². The molecule has 1 aliphatic heterocycles. The van der Waals surface area contributed by atoms with E-state index in [0.717, 1.165) is 41.2 Å². The first kappa shape index (κ1) is 16.9. The van der Waals surface area contributed by atoms with Crippen molar-refractivity contribution in [2.75, 3.05) is 33.2 Å². The molecule has 3 rings (SSSR count). The first-order valence-electron chi connectivity index (χ1n) is 8.19. The zero-order valence-electron chi connectivity index (χ0n) is 13.8. The van der Waals surface area contributed by atoms with Gasteiger partial charge in [0.15, 0.2) is 0 Å². The van der Waals surface area contributed by atoms with Gasteiger partial charge in [-0.3, -0.25) is 14.5 Å². The minimum Gasteiger partial charge on any atom is -0.346 e. The van der Waals surface area contributed by atoms with Gasteiger partial charge in [0, 0.05) is 13.1 Å². The van der Waals surface area contributed by atoms with Crippen LogP contribution in [0.15, 0.2) is 24.3 Å². The fraction of sp³-hybridized carbons (Fsp3) is 0.471. The largest absolute Gasteiger partial charge is 0.346 e. The van der Waals surface area contributed by atoms with Crippen LogP contribution in [0, 0.1) is 0 Å². The third kappa shape index (κ3) is 4.30. The molecule has 6 nitrogen and oxygen atoms in total. The SMILES string of the molecule is CN(CC(=O)NCC(=O)N1CCCC1)Cc1nc2ccccc2s1. The molecule has 2 heterocycles. The molecule has 1 fully saturated rings. The molecule has 1 saturated heterocycles. The Morgan fingerprint density at radius 1 is 1.29 bits per heavy atom. The lowest BCUT2D eigenvalue weighted by Crippen LogP contribution is -2.42. The van der Waals surface area contributed by atoms with Gasteiger partial charge in [-0.2, -0.15) is 0 Å². The maximum Gasteiger partial charge on any atom is 0.241 e. The number of carbonyl (C=O) groups excluding carboxylic acids is 2. The number of hydrogen-bond acceptors (Lipinski definition) is 5. The lowest BCUT2D eigenvalue weighted by Gasteiger charge is -2.17. The predicted molar refractivity (Wildman–Crippen MR) is 94.8 cm³/mol. The molecular formula is C17H22N4O2S. The minimum atomic E-state index is -0.133. The van der Waals surface area contributed by atoms with Gasteiger partial charge >= 0.3 is 0 Å². The molecule has 2 amide bonds. The molecule has 0 bridgehead atoms. The van der Waals surface area contributed by atoms with Crippen LogP contribution in [0.1, 0.15) is 17.8 Å². The Morgan fingerprint density at radius 3 is 2.79 bits per heavy atom. The Balaban J connectivity index is 1.44. The van der Waals surface area contributed by atoms with E-state index in [1.807, 2.05) is 41.1 Å². The van der Waals surface area contributed by atoms with Crippen molar-refractivity contribution in [3.05, 3.63) is 29.3 Å². The molecule has 24 heavy (non-hydrogen) atoms. The number of fused-ring (bicyclic) bond motifs is 1. The van der Waals surface area contributed by atoms with Gasteiger partial charge in [-0.1, -0.05) is 12.1 Å². The summed E-state index contributed by atoms with van der Waals surface area (Å²) in [6.07, 6.45) is 2.12. The Bertz CT molecular complexity index is 691. The van der Waals surface area contributed by atoms with E-state index in [4.69, 9.17) is 0 Å². The van der Waals surface area contributed by atoms with Gasteiger partial charge in [0.25, 0.3) is 0 Å². The third-order valence-corrected chi connectivity index (χ3v) is 5.07. The van der Waals surface area contributed by atoms with Crippen LogP contribution in [-0.4, -0.2) is 59.8 Å². The monoisotopic (exact) mass is 346 g/mol. The van der Waals surface area contributed by atoms with Crippen molar-refractivity contribution in [3.63, 3.8) is 0 Å². The van der Waals surface area contributed by atoms with E-state index in [9.17, 15) is 9.59 Å². The molecule has 0 unspecified atom stereocenters. The van der Waals surface area contributed by atoms with E-state index in [2.05, 4.69) is 10.3 Å². The van der Waals surface area contributed by atoms with Crippen molar-refractivity contribution in [3.8, 4) is 0 Å². The fourth-order valence-electron chi connectivity index (χ4n) is 2.83. The second-order valence-electron chi connectivity index (χ2n) is 6.11. The van der Waals surface area contributed by atoms with Crippen molar-refractivity contribution < 1.29 is 9.59 Å². The number of benzene rings is 1. The van der Waals surface area contributed by atoms with Crippen molar-refractivity contribution in [1.29, 1.82) is 0 Å². The molecule has 2 aromatic rings. The average molecular weight is 346 g/mol. The van der Waals surface area contributed by atoms with E-state index in [-0.39, 0.29) is 24.9 Å². The number of carbonyl (C=O) groups is 2. The number of thiazole rings is 1. The maximum absolute atomic E-state index is 12.0. The summed E-state index contributed by atoms with van der Waals surface area (Å²) in [6, 6.07) is 8.01. The van der Waals surface area contributed by atoms with Crippen LogP contribution in [-0.2, 0) is 16.1 Å². The summed E-state index contributed by atoms with van der Waals surface area (Å²) >= 11 is 1.64. The Kier molecular flexibility index (Phi) is 5.42. The van der Waals surface area contributed by atoms with E-state index in [1.54, 1.807) is 11.3 Å². The number of amides is 2. The maximum atomic E-state index is 12.0. The predicted octanol–water partition coefficient (Wildman–Crippen LogP) is 1.47. The number of hydrogen-bond donors (Lipinski definition) is 1. The van der Waals surface area contributed by atoms with Crippen molar-refractivity contribution >= 4 is 33.4 Å². The van der Waals surface area contributed by atoms with Crippen LogP contribution in [0.4, 0.5) is 0 Å². The molecule has 1 aromatic heterocycles. The number of likely N-dealkylation sites (tertiary alicyclic amines) is 1. The molecule has 0 radical (unpaired) electrons. The first-order chi connectivity index (χ1) is 11.6. The summed E-state index contributed by atoms with van der Waals surface area (Å²) in [7, 11) is 1.88. The zero-order valence-corrected chi connectivity index (χ0v) is 14.6. The summed E-state index contributed by atoms with van der Waals surface area (Å²) < 4.78 is 1.15. The molecule has 1 aliphatic rings. The van der Waals surface area contributed by atoms with Gasteiger partial charge in [-0.25, -0.2) is 4.98 Å². The number of aromatic nitrogens is 1. The molecule has 0 spiro atoms. The van der Waals surface area contributed by atoms with Crippen LogP contribution >= 0.6 is 11.3 Å². The van der Waals surface area contributed by atoms with Crippen molar-refractivity contribution in [2.24, 2.45) is 0 Å². The number of nitrogens with zero attached hydrogens (tertiary/aromatic N) is 3. The van der Waals surface area contributed by atoms with Crippen LogP contribution in [0.25, 0.3) is 10.2 Å². The quantitative estimate of drug-likeness (QED) is 0.860. The molecule has 0 aliphatic carbocycles. The zero-order chi connectivity index (χ0) is 16.9. The lowest BCUT2D eigenvalue weighted by atomic mass is 10.3. The Morgan fingerprint density at radius 2 is 2.04 bits per heavy atom. The number of rotatable bonds is 6. The second-order valence-corrected chi connectivity index (χ2v) is 7.23. The van der Waals surface area contributed by atoms with Crippen LogP contribution in [0.5, 0.6) is 0 Å². The summed E-state index contributed by atoms with van der Waals surface area (Å²) in [6.45, 7) is 2.59. The highest BCUT2D eigenvalue weighted by atomic mass is 32.1. The molecule has 0 atom stereocenters. The highest BCUT2D eigenvalue weighted by Gasteiger charge is 2.18. The van der Waals surface area contributed by atoms with E-state index in [0.29, 0.717) is 6.54 Å². The first-order valence-corrected chi connectivity index (χ1v) is 9.01. The van der Waals surface area contributed by atoms with E-state index in [1.165, 1.54) is 0 Å². The van der Waals surface area contributed by atoms with E-state index < -0.39 is 0 Å². The number of likely N-dealkylation sites (N-methyl/N-ethyl adjacent to an activating group) is 1. The average Bonchev–Trinajstić information content (AvgIpc) is 3.21. The fourth-order valence-corrected chi connectivity index (χ4v) is 3.88. The number of para-hydroxylation sites is 1. The second kappa shape index (κ2) is 7.72. The standard InChI is InChI=1S/C17H22N4O2S/c1-20(12-16-19-13-6-2-3-7-14(13)24-16)11-15(22)18-10-17(23)21-8-4-5-9-21/h2-3,6-7H,4-5,8-12H2,1H3,(H,18,22). The van der Waals surface area contributed by atoms with Gasteiger partial charge in [-0.15, -0.1) is 11.3 Å². The summed E-state index contributed by atoms with van der Waals surface area (Å²) in [5.41, 5.74) is 0.992. The highest BCUT2D eigenvalue weighted by Crippen LogP contribution is 2.22. The number of nitrogens with one attached hydrogen (secondary N) is 1. The molecular weight excluding hydrogens is 324 g/mol. The van der Waals surface area contributed by atoms with Crippen LogP contribution in [0.2, 0.25) is 0 Å². The van der Waals surface area contributed by atoms with Crippen LogP contribution in [0.3, 0.4) is 0 Å². The molecule has 1 N–H and O–H groups in total. The Hall–Kier alpha value is -1.99. The minimum absolute atomic E-state index is 0.00896. The molecule has 7 heteroatoms. The smallest absolute Gasteiger partial charge is 0.241 e. The lowest BCUT2D eigenvalue weighted by molar-refractivity contribution is -0.132.